The first-order valence-corrected chi connectivity index (χ1v) is 13.4. The van der Waals surface area contributed by atoms with Crippen LogP contribution >= 0.6 is 23.5 Å². The number of benzene rings is 1. The van der Waals surface area contributed by atoms with Crippen molar-refractivity contribution in [1.29, 1.82) is 0 Å². The summed E-state index contributed by atoms with van der Waals surface area (Å²) in [5, 5.41) is 0. The van der Waals surface area contributed by atoms with Crippen molar-refractivity contribution in [2.45, 2.75) is 49.1 Å². The van der Waals surface area contributed by atoms with Crippen molar-refractivity contribution >= 4 is 31.8 Å². The summed E-state index contributed by atoms with van der Waals surface area (Å²) in [5.41, 5.74) is 1.04. The molecule has 0 unspecified atom stereocenters. The van der Waals surface area contributed by atoms with Crippen molar-refractivity contribution in [3.63, 3.8) is 0 Å². The molecule has 1 nitrogen and oxygen atoms in total. The van der Waals surface area contributed by atoms with Gasteiger partial charge < -0.3 is 4.43 Å². The van der Waals surface area contributed by atoms with Crippen LogP contribution in [0.1, 0.15) is 24.8 Å². The van der Waals surface area contributed by atoms with Gasteiger partial charge in [0.05, 0.1) is 4.58 Å². The van der Waals surface area contributed by atoms with Gasteiger partial charge in [0.1, 0.15) is 5.60 Å². The van der Waals surface area contributed by atoms with Gasteiger partial charge in [0.25, 0.3) is 0 Å². The molecule has 0 bridgehead atoms. The molecule has 1 aromatic carbocycles. The number of hydrogen-bond donors (Lipinski definition) is 0. The highest BCUT2D eigenvalue weighted by atomic mass is 32.2. The van der Waals surface area contributed by atoms with E-state index in [1.165, 1.54) is 23.5 Å². The minimum absolute atomic E-state index is 0.256. The summed E-state index contributed by atoms with van der Waals surface area (Å²) in [5.74, 6) is 5.27. The minimum atomic E-state index is -1.70. The lowest BCUT2D eigenvalue weighted by atomic mass is 9.91. The van der Waals surface area contributed by atoms with Crippen molar-refractivity contribution in [2.24, 2.45) is 0 Å². The highest BCUT2D eigenvalue weighted by Crippen LogP contribution is 2.49. The third kappa shape index (κ3) is 4.58. The van der Waals surface area contributed by atoms with Gasteiger partial charge in [-0.25, -0.2) is 0 Å². The summed E-state index contributed by atoms with van der Waals surface area (Å²) >= 11 is 4.10. The molecule has 0 aromatic heterocycles. The lowest BCUT2D eigenvalue weighted by Gasteiger charge is -2.45. The van der Waals surface area contributed by atoms with E-state index in [1.54, 1.807) is 0 Å². The molecular formula is C18H26OS2Si. The number of terminal acetylenes is 1. The zero-order valence-electron chi connectivity index (χ0n) is 13.8. The second kappa shape index (κ2) is 7.96. The van der Waals surface area contributed by atoms with E-state index in [1.807, 2.05) is 23.5 Å². The summed E-state index contributed by atoms with van der Waals surface area (Å²) in [6.45, 7) is 6.83. The van der Waals surface area contributed by atoms with Crippen molar-refractivity contribution < 1.29 is 4.43 Å². The first-order chi connectivity index (χ1) is 10.5. The van der Waals surface area contributed by atoms with Gasteiger partial charge in [0, 0.05) is 6.42 Å². The second-order valence-corrected chi connectivity index (χ2v) is 13.8. The molecular weight excluding hydrogens is 324 g/mol. The molecule has 0 radical (unpaired) electrons. The van der Waals surface area contributed by atoms with E-state index in [0.29, 0.717) is 4.58 Å². The molecule has 2 rings (SSSR count). The van der Waals surface area contributed by atoms with Gasteiger partial charge in [-0.1, -0.05) is 30.3 Å². The van der Waals surface area contributed by atoms with E-state index >= 15 is 0 Å². The molecule has 4 heteroatoms. The number of hydrogen-bond acceptors (Lipinski definition) is 3. The van der Waals surface area contributed by atoms with Crippen molar-refractivity contribution in [1.82, 2.24) is 0 Å². The van der Waals surface area contributed by atoms with Crippen LogP contribution in [-0.2, 0) is 10.0 Å². The monoisotopic (exact) mass is 350 g/mol. The first-order valence-electron chi connectivity index (χ1n) is 7.90. The zero-order chi connectivity index (χ0) is 16.1. The van der Waals surface area contributed by atoms with Crippen LogP contribution in [0.3, 0.4) is 0 Å². The van der Waals surface area contributed by atoms with Gasteiger partial charge in [-0.3, -0.25) is 0 Å². The van der Waals surface area contributed by atoms with Gasteiger partial charge in [-0.15, -0.1) is 35.9 Å². The van der Waals surface area contributed by atoms with Crippen LogP contribution in [-0.4, -0.2) is 24.4 Å². The molecule has 0 aliphatic carbocycles. The minimum Gasteiger partial charge on any atom is -0.406 e. The van der Waals surface area contributed by atoms with E-state index in [0.717, 1.165) is 12.8 Å². The molecule has 1 saturated heterocycles. The topological polar surface area (TPSA) is 9.23 Å². The molecule has 1 heterocycles. The maximum Gasteiger partial charge on any atom is 0.185 e. The third-order valence-electron chi connectivity index (χ3n) is 3.60. The summed E-state index contributed by atoms with van der Waals surface area (Å²) in [6.07, 6.45) is 8.56. The van der Waals surface area contributed by atoms with Crippen LogP contribution in [0.4, 0.5) is 0 Å². The van der Waals surface area contributed by atoms with Gasteiger partial charge >= 0.3 is 0 Å². The predicted molar refractivity (Wildman–Crippen MR) is 104 cm³/mol. The van der Waals surface area contributed by atoms with E-state index in [2.05, 4.69) is 55.9 Å². The smallest absolute Gasteiger partial charge is 0.185 e. The molecule has 0 N–H and O–H groups in total. The standard InChI is InChI=1S/C18H26OS2Si/c1-5-6-13-18(19-22(2,3)4,16-11-8-7-9-12-16)17-20-14-10-15-21-17/h1,7-9,11-12,17H,6,10,13-15H2,2-4H3/t18-/m1/s1. The average molecular weight is 351 g/mol. The Balaban J connectivity index is 2.44. The fourth-order valence-corrected chi connectivity index (χ4v) is 7.78. The maximum atomic E-state index is 6.85. The molecule has 0 spiro atoms. The average Bonchev–Trinajstić information content (AvgIpc) is 2.52. The zero-order valence-corrected chi connectivity index (χ0v) is 16.4. The Morgan fingerprint density at radius 3 is 2.41 bits per heavy atom. The third-order valence-corrected chi connectivity index (χ3v) is 7.81. The molecule has 1 aliphatic heterocycles. The fourth-order valence-electron chi connectivity index (χ4n) is 2.84. The normalized spacial score (nSPS) is 19.4. The van der Waals surface area contributed by atoms with Crippen LogP contribution in [0.15, 0.2) is 30.3 Å². The van der Waals surface area contributed by atoms with Crippen LogP contribution in [0.2, 0.25) is 19.6 Å². The molecule has 1 atom stereocenters. The van der Waals surface area contributed by atoms with E-state index in [4.69, 9.17) is 10.8 Å². The summed E-state index contributed by atoms with van der Waals surface area (Å²) in [7, 11) is -1.70. The number of thioether (sulfide) groups is 2. The van der Waals surface area contributed by atoms with Crippen LogP contribution in [0, 0.1) is 12.3 Å². The fraction of sp³-hybridized carbons (Fsp3) is 0.556. The van der Waals surface area contributed by atoms with E-state index in [9.17, 15) is 0 Å². The molecule has 1 aromatic rings. The summed E-state index contributed by atoms with van der Waals surface area (Å²) in [6, 6.07) is 10.7. The lowest BCUT2D eigenvalue weighted by Crippen LogP contribution is -2.47. The highest BCUT2D eigenvalue weighted by molar-refractivity contribution is 8.17. The molecule has 0 saturated carbocycles. The molecule has 1 fully saturated rings. The Labute approximate surface area is 145 Å². The SMILES string of the molecule is C#CCC[C@@](O[Si](C)(C)C)(c1ccccc1)C1SCCCS1. The maximum absolute atomic E-state index is 6.85. The first kappa shape index (κ1) is 18.0. The van der Waals surface area contributed by atoms with Crippen molar-refractivity contribution in [3.05, 3.63) is 35.9 Å². The summed E-state index contributed by atoms with van der Waals surface area (Å²) < 4.78 is 7.29. The molecule has 0 amide bonds. The van der Waals surface area contributed by atoms with Crippen molar-refractivity contribution in [2.75, 3.05) is 11.5 Å². The van der Waals surface area contributed by atoms with Crippen molar-refractivity contribution in [3.8, 4) is 12.3 Å². The molecule has 120 valence electrons. The predicted octanol–water partition coefficient (Wildman–Crippen LogP) is 5.34. The Hall–Kier alpha value is -0.343. The van der Waals surface area contributed by atoms with Gasteiger partial charge in [-0.05, 0) is 49.6 Å². The highest BCUT2D eigenvalue weighted by Gasteiger charge is 2.45. The van der Waals surface area contributed by atoms with Gasteiger partial charge in [0.2, 0.25) is 0 Å². The summed E-state index contributed by atoms with van der Waals surface area (Å²) in [4.78, 5) is 0. The molecule has 1 aliphatic rings. The Kier molecular flexibility index (Phi) is 6.52. The van der Waals surface area contributed by atoms with Crippen LogP contribution < -0.4 is 0 Å². The van der Waals surface area contributed by atoms with Gasteiger partial charge in [-0.2, -0.15) is 0 Å². The largest absolute Gasteiger partial charge is 0.406 e. The Morgan fingerprint density at radius 2 is 1.86 bits per heavy atom. The van der Waals surface area contributed by atoms with Crippen LogP contribution in [0.25, 0.3) is 0 Å². The number of rotatable bonds is 6. The lowest BCUT2D eigenvalue weighted by molar-refractivity contribution is 0.0671. The van der Waals surface area contributed by atoms with Crippen LogP contribution in [0.5, 0.6) is 0 Å². The van der Waals surface area contributed by atoms with Gasteiger partial charge in [0.15, 0.2) is 8.32 Å². The molecule has 22 heavy (non-hydrogen) atoms. The van der Waals surface area contributed by atoms with E-state index < -0.39 is 8.32 Å². The van der Waals surface area contributed by atoms with E-state index in [-0.39, 0.29) is 5.60 Å². The second-order valence-electron chi connectivity index (χ2n) is 6.60. The Morgan fingerprint density at radius 1 is 1.23 bits per heavy atom. The quantitative estimate of drug-likeness (QED) is 0.506. The Bertz CT molecular complexity index is 500.